The van der Waals surface area contributed by atoms with Crippen molar-refractivity contribution in [2.45, 2.75) is 18.9 Å². The summed E-state index contributed by atoms with van der Waals surface area (Å²) in [7, 11) is 1.34. The average molecular weight is 259 g/mol. The van der Waals surface area contributed by atoms with E-state index in [1.165, 1.54) is 26.2 Å². The van der Waals surface area contributed by atoms with E-state index in [1.54, 1.807) is 12.1 Å². The van der Waals surface area contributed by atoms with Gasteiger partial charge in [-0.2, -0.15) is 8.78 Å². The number of ether oxygens (including phenoxy) is 2. The molecule has 1 aromatic rings. The number of methoxy groups -OCH3 is 1. The molecule has 0 amide bonds. The minimum atomic E-state index is -3.80. The van der Waals surface area contributed by atoms with Gasteiger partial charge in [-0.15, -0.1) is 0 Å². The van der Waals surface area contributed by atoms with Crippen LogP contribution in [0.25, 0.3) is 0 Å². The zero-order valence-corrected chi connectivity index (χ0v) is 10.2. The first-order chi connectivity index (χ1) is 8.45. The Bertz CT molecular complexity index is 424. The fraction of sp³-hybridized carbons (Fsp3) is 0.417. The number of carbonyl (C=O) groups excluding carboxylic acids is 1. The summed E-state index contributed by atoms with van der Waals surface area (Å²) in [6.45, 7) is 1.32. The lowest BCUT2D eigenvalue weighted by Crippen LogP contribution is -2.41. The Morgan fingerprint density at radius 2 is 2.06 bits per heavy atom. The van der Waals surface area contributed by atoms with Gasteiger partial charge in [0.1, 0.15) is 11.8 Å². The Morgan fingerprint density at radius 1 is 1.44 bits per heavy atom. The first kappa shape index (κ1) is 14.4. The van der Waals surface area contributed by atoms with E-state index in [0.717, 1.165) is 0 Å². The molecule has 0 aliphatic heterocycles. The monoisotopic (exact) mass is 259 g/mol. The van der Waals surface area contributed by atoms with Gasteiger partial charge in [0.05, 0.1) is 13.7 Å². The minimum Gasteiger partial charge on any atom is -0.496 e. The van der Waals surface area contributed by atoms with Crippen molar-refractivity contribution in [2.75, 3.05) is 13.7 Å². The molecule has 1 rings (SSSR count). The molecule has 4 nitrogen and oxygen atoms in total. The van der Waals surface area contributed by atoms with Gasteiger partial charge in [0.15, 0.2) is 0 Å². The van der Waals surface area contributed by atoms with E-state index in [4.69, 9.17) is 10.5 Å². The van der Waals surface area contributed by atoms with Crippen LogP contribution in [0, 0.1) is 0 Å². The third-order valence-corrected chi connectivity index (χ3v) is 2.41. The summed E-state index contributed by atoms with van der Waals surface area (Å²) in [5, 5.41) is 0. The van der Waals surface area contributed by atoms with Crippen LogP contribution < -0.4 is 10.5 Å². The van der Waals surface area contributed by atoms with Crippen molar-refractivity contribution in [3.05, 3.63) is 29.8 Å². The number of para-hydroxylation sites is 1. The summed E-state index contributed by atoms with van der Waals surface area (Å²) in [6, 6.07) is 4.23. The van der Waals surface area contributed by atoms with Crippen molar-refractivity contribution >= 4 is 5.97 Å². The third-order valence-electron chi connectivity index (χ3n) is 2.41. The number of benzene rings is 1. The van der Waals surface area contributed by atoms with Gasteiger partial charge in [-0.1, -0.05) is 18.2 Å². The van der Waals surface area contributed by atoms with Crippen LogP contribution in [0.1, 0.15) is 18.5 Å². The summed E-state index contributed by atoms with van der Waals surface area (Å²) in [5.41, 5.74) is 5.50. The van der Waals surface area contributed by atoms with Crippen LogP contribution in [-0.4, -0.2) is 25.6 Å². The van der Waals surface area contributed by atoms with Crippen molar-refractivity contribution < 1.29 is 23.0 Å². The first-order valence-electron chi connectivity index (χ1n) is 5.38. The lowest BCUT2D eigenvalue weighted by Gasteiger charge is -2.23. The largest absolute Gasteiger partial charge is 0.496 e. The van der Waals surface area contributed by atoms with Crippen LogP contribution in [0.4, 0.5) is 8.78 Å². The molecule has 0 unspecified atom stereocenters. The predicted molar refractivity (Wildman–Crippen MR) is 61.5 cm³/mol. The second kappa shape index (κ2) is 5.77. The zero-order chi connectivity index (χ0) is 13.8. The molecule has 0 aromatic heterocycles. The molecule has 1 atom stereocenters. The molecular weight excluding hydrogens is 244 g/mol. The fourth-order valence-electron chi connectivity index (χ4n) is 1.47. The lowest BCUT2D eigenvalue weighted by atomic mass is 10.0. The normalized spacial score (nSPS) is 12.9. The van der Waals surface area contributed by atoms with Gasteiger partial charge in [-0.3, -0.25) is 0 Å². The van der Waals surface area contributed by atoms with E-state index < -0.39 is 17.9 Å². The summed E-state index contributed by atoms with van der Waals surface area (Å²) in [6.07, 6.45) is 0. The Labute approximate surface area is 104 Å². The van der Waals surface area contributed by atoms with Crippen molar-refractivity contribution in [1.29, 1.82) is 0 Å². The molecule has 1 aromatic carbocycles. The van der Waals surface area contributed by atoms with Crippen LogP contribution in [-0.2, 0) is 9.53 Å². The number of carbonyl (C=O) groups is 1. The molecule has 6 heteroatoms. The van der Waals surface area contributed by atoms with Gasteiger partial charge in [-0.05, 0) is 13.0 Å². The van der Waals surface area contributed by atoms with Gasteiger partial charge in [0, 0.05) is 5.56 Å². The average Bonchev–Trinajstić information content (AvgIpc) is 2.38. The zero-order valence-electron chi connectivity index (χ0n) is 10.2. The van der Waals surface area contributed by atoms with E-state index in [1.807, 2.05) is 0 Å². The molecule has 0 heterocycles. The number of hydrogen-bond acceptors (Lipinski definition) is 4. The van der Waals surface area contributed by atoms with E-state index >= 15 is 0 Å². The highest BCUT2D eigenvalue weighted by Crippen LogP contribution is 2.35. The molecule has 0 saturated carbocycles. The number of nitrogens with two attached hydrogens (primary N) is 1. The highest BCUT2D eigenvalue weighted by molar-refractivity contribution is 5.79. The van der Waals surface area contributed by atoms with Crippen molar-refractivity contribution in [2.24, 2.45) is 5.73 Å². The summed E-state index contributed by atoms with van der Waals surface area (Å²) >= 11 is 0. The maximum absolute atomic E-state index is 13.7. The van der Waals surface area contributed by atoms with Crippen LogP contribution in [0.15, 0.2) is 24.3 Å². The molecule has 100 valence electrons. The highest BCUT2D eigenvalue weighted by atomic mass is 19.3. The summed E-state index contributed by atoms with van der Waals surface area (Å²) < 4.78 is 36.7. The second-order valence-electron chi connectivity index (χ2n) is 3.56. The van der Waals surface area contributed by atoms with Crippen LogP contribution in [0.5, 0.6) is 5.75 Å². The molecule has 0 spiro atoms. The molecular formula is C12H15F2NO3. The third kappa shape index (κ3) is 2.76. The van der Waals surface area contributed by atoms with Crippen molar-refractivity contribution in [3.63, 3.8) is 0 Å². The van der Waals surface area contributed by atoms with Gasteiger partial charge < -0.3 is 15.2 Å². The lowest BCUT2D eigenvalue weighted by molar-refractivity contribution is -0.174. The molecule has 18 heavy (non-hydrogen) atoms. The van der Waals surface area contributed by atoms with Gasteiger partial charge in [0.2, 0.25) is 0 Å². The van der Waals surface area contributed by atoms with E-state index in [9.17, 15) is 13.6 Å². The first-order valence-corrected chi connectivity index (χ1v) is 5.38. The highest BCUT2D eigenvalue weighted by Gasteiger charge is 2.48. The second-order valence-corrected chi connectivity index (χ2v) is 3.56. The molecule has 0 fully saturated rings. The molecule has 2 N–H and O–H groups in total. The summed E-state index contributed by atoms with van der Waals surface area (Å²) in [5.74, 6) is -5.23. The van der Waals surface area contributed by atoms with Crippen LogP contribution in [0.2, 0.25) is 0 Å². The number of halogens is 2. The number of alkyl halides is 2. The van der Waals surface area contributed by atoms with E-state index in [-0.39, 0.29) is 17.9 Å². The van der Waals surface area contributed by atoms with Crippen LogP contribution in [0.3, 0.4) is 0 Å². The van der Waals surface area contributed by atoms with E-state index in [2.05, 4.69) is 4.74 Å². The molecule has 0 saturated heterocycles. The predicted octanol–water partition coefficient (Wildman–Crippen LogP) is 1.89. The number of esters is 1. The Hall–Kier alpha value is -1.69. The van der Waals surface area contributed by atoms with E-state index in [0.29, 0.717) is 0 Å². The van der Waals surface area contributed by atoms with Crippen molar-refractivity contribution in [3.8, 4) is 5.75 Å². The molecule has 0 bridgehead atoms. The summed E-state index contributed by atoms with van der Waals surface area (Å²) in [4.78, 5) is 11.2. The minimum absolute atomic E-state index is 0.0538. The topological polar surface area (TPSA) is 61.5 Å². The fourth-order valence-corrected chi connectivity index (χ4v) is 1.47. The Balaban J connectivity index is 3.05. The number of rotatable bonds is 5. The van der Waals surface area contributed by atoms with Crippen LogP contribution >= 0.6 is 0 Å². The quantitative estimate of drug-likeness (QED) is 0.820. The van der Waals surface area contributed by atoms with Gasteiger partial charge >= 0.3 is 11.9 Å². The standard InChI is InChI=1S/C12H15F2NO3/c1-3-18-11(16)12(13,14)10(15)8-6-4-5-7-9(8)17-2/h4-7,10H,3,15H2,1-2H3/t10-/m1/s1. The van der Waals surface area contributed by atoms with Gasteiger partial charge in [0.25, 0.3) is 0 Å². The van der Waals surface area contributed by atoms with Gasteiger partial charge in [-0.25, -0.2) is 4.79 Å². The molecule has 0 aliphatic rings. The SMILES string of the molecule is CCOC(=O)C(F)(F)[C@H](N)c1ccccc1OC. The maximum atomic E-state index is 13.7. The number of hydrogen-bond donors (Lipinski definition) is 1. The molecule has 0 aliphatic carbocycles. The Kier molecular flexibility index (Phi) is 4.61. The Morgan fingerprint density at radius 3 is 2.61 bits per heavy atom. The smallest absolute Gasteiger partial charge is 0.379 e. The van der Waals surface area contributed by atoms with Crippen molar-refractivity contribution in [1.82, 2.24) is 0 Å². The maximum Gasteiger partial charge on any atom is 0.379 e. The molecule has 0 radical (unpaired) electrons.